The quantitative estimate of drug-likeness (QED) is 0.596. The van der Waals surface area contributed by atoms with E-state index in [-0.39, 0.29) is 10.7 Å². The minimum Gasteiger partial charge on any atom is -0.353 e. The summed E-state index contributed by atoms with van der Waals surface area (Å²) in [4.78, 5) is 13.4. The summed E-state index contributed by atoms with van der Waals surface area (Å²) in [6.07, 6.45) is 7.73. The highest BCUT2D eigenvalue weighted by atomic mass is 32.3. The first-order valence-corrected chi connectivity index (χ1v) is 11.1. The molecule has 0 atom stereocenters. The van der Waals surface area contributed by atoms with Crippen molar-refractivity contribution in [2.24, 2.45) is 0 Å². The minimum atomic E-state index is -3.01. The molecule has 6 heteroatoms. The van der Waals surface area contributed by atoms with Crippen molar-refractivity contribution in [3.8, 4) is 0 Å². The van der Waals surface area contributed by atoms with Crippen molar-refractivity contribution in [2.75, 3.05) is 12.3 Å². The number of nitrogens with one attached hydrogen (secondary N) is 1. The lowest BCUT2D eigenvalue weighted by molar-refractivity contribution is -0.125. The molecule has 0 saturated heterocycles. The van der Waals surface area contributed by atoms with Gasteiger partial charge in [0.05, 0.1) is 0 Å². The summed E-state index contributed by atoms with van der Waals surface area (Å²) in [6.45, 7) is 7.04. The van der Waals surface area contributed by atoms with E-state index in [1.54, 1.807) is 11.8 Å². The normalized spacial score (nSPS) is 22.0. The Labute approximate surface area is 146 Å². The molecular formula is C17H31NO3S2. The molecule has 4 nitrogen and oxygen atoms in total. The minimum absolute atomic E-state index is 0.162. The van der Waals surface area contributed by atoms with Gasteiger partial charge >= 0.3 is 0 Å². The first kappa shape index (κ1) is 19.2. The van der Waals surface area contributed by atoms with Crippen molar-refractivity contribution in [3.63, 3.8) is 0 Å². The van der Waals surface area contributed by atoms with E-state index < -0.39 is 15.3 Å². The summed E-state index contributed by atoms with van der Waals surface area (Å²) in [7, 11) is -3.01. The zero-order valence-electron chi connectivity index (χ0n) is 14.6. The molecule has 0 aromatic rings. The van der Waals surface area contributed by atoms with Crippen LogP contribution in [-0.2, 0) is 4.79 Å². The smallest absolute Gasteiger partial charge is 0.245 e. The molecule has 0 heterocycles. The van der Waals surface area contributed by atoms with Gasteiger partial charge in [-0.05, 0) is 44.9 Å². The Morgan fingerprint density at radius 3 is 2.48 bits per heavy atom. The summed E-state index contributed by atoms with van der Waals surface area (Å²) < 4.78 is 20.9. The Bertz CT molecular complexity index is 465. The lowest BCUT2D eigenvalue weighted by atomic mass is 9.83. The molecule has 2 aliphatic carbocycles. The summed E-state index contributed by atoms with van der Waals surface area (Å²) in [5, 5.41) is 2.96. The van der Waals surface area contributed by atoms with E-state index in [1.165, 1.54) is 0 Å². The van der Waals surface area contributed by atoms with Crippen LogP contribution in [0.3, 0.4) is 0 Å². The number of amides is 1. The van der Waals surface area contributed by atoms with E-state index in [0.29, 0.717) is 19.4 Å². The molecule has 0 radical (unpaired) electrons. The molecule has 134 valence electrons. The van der Waals surface area contributed by atoms with Gasteiger partial charge in [-0.2, -0.15) is 22.4 Å². The molecule has 0 bridgehead atoms. The van der Waals surface area contributed by atoms with Gasteiger partial charge in [0.1, 0.15) is 4.75 Å². The number of thioether (sulfide) groups is 1. The number of rotatable bonds is 6. The van der Waals surface area contributed by atoms with Crippen LogP contribution < -0.4 is 5.32 Å². The SMILES string of the molecule is CC(C)(C)SCCNC(=O)C1(S(O)(O)C2=CCCCC2)CCC1. The molecule has 0 spiro atoms. The molecule has 23 heavy (non-hydrogen) atoms. The maximum Gasteiger partial charge on any atom is 0.245 e. The predicted molar refractivity (Wildman–Crippen MR) is 101 cm³/mol. The highest BCUT2D eigenvalue weighted by Gasteiger charge is 2.55. The fourth-order valence-electron chi connectivity index (χ4n) is 3.14. The molecule has 0 aromatic heterocycles. The van der Waals surface area contributed by atoms with Crippen LogP contribution >= 0.6 is 22.4 Å². The third-order valence-electron chi connectivity index (χ3n) is 4.66. The third-order valence-corrected chi connectivity index (χ3v) is 8.72. The molecule has 1 amide bonds. The van der Waals surface area contributed by atoms with Crippen molar-refractivity contribution in [1.29, 1.82) is 0 Å². The second kappa shape index (κ2) is 7.38. The monoisotopic (exact) mass is 361 g/mol. The standard InChI is InChI=1S/C17H31NO3S2/c1-16(2,3)22-13-12-18-15(19)17(10-7-11-17)23(20,21)14-8-5-4-6-9-14/h8,20-21H,4-7,9-13H2,1-3H3,(H,18,19). The Kier molecular flexibility index (Phi) is 6.15. The average molecular weight is 362 g/mol. The maximum absolute atomic E-state index is 12.7. The van der Waals surface area contributed by atoms with E-state index in [0.717, 1.165) is 42.8 Å². The van der Waals surface area contributed by atoms with Crippen LogP contribution in [0.15, 0.2) is 11.0 Å². The van der Waals surface area contributed by atoms with Crippen LogP contribution in [0.2, 0.25) is 0 Å². The number of carbonyl (C=O) groups is 1. The van der Waals surface area contributed by atoms with Crippen LogP contribution in [0.4, 0.5) is 0 Å². The average Bonchev–Trinajstić information content (AvgIpc) is 2.42. The largest absolute Gasteiger partial charge is 0.353 e. The maximum atomic E-state index is 12.7. The van der Waals surface area contributed by atoms with Gasteiger partial charge in [0, 0.05) is 21.9 Å². The first-order valence-electron chi connectivity index (χ1n) is 8.58. The fourth-order valence-corrected chi connectivity index (χ4v) is 6.43. The molecular weight excluding hydrogens is 330 g/mol. The first-order chi connectivity index (χ1) is 10.7. The number of allylic oxidation sites excluding steroid dienone is 2. The molecule has 1 fully saturated rings. The van der Waals surface area contributed by atoms with Gasteiger partial charge in [0.2, 0.25) is 5.91 Å². The van der Waals surface area contributed by atoms with E-state index in [2.05, 4.69) is 26.1 Å². The van der Waals surface area contributed by atoms with Gasteiger partial charge in [-0.3, -0.25) is 13.9 Å². The number of hydrogen-bond acceptors (Lipinski definition) is 4. The third kappa shape index (κ3) is 4.27. The van der Waals surface area contributed by atoms with Gasteiger partial charge in [0.15, 0.2) is 0 Å². The van der Waals surface area contributed by atoms with Gasteiger partial charge in [-0.15, -0.1) is 0 Å². The predicted octanol–water partition coefficient (Wildman–Crippen LogP) is 4.77. The number of carbonyl (C=O) groups excluding carboxylic acids is 1. The highest BCUT2D eigenvalue weighted by Crippen LogP contribution is 2.67. The van der Waals surface area contributed by atoms with E-state index in [9.17, 15) is 13.9 Å². The van der Waals surface area contributed by atoms with Crippen LogP contribution in [0.1, 0.15) is 65.7 Å². The van der Waals surface area contributed by atoms with E-state index >= 15 is 0 Å². The van der Waals surface area contributed by atoms with Gasteiger partial charge < -0.3 is 5.32 Å². The molecule has 2 aliphatic rings. The summed E-state index contributed by atoms with van der Waals surface area (Å²) in [6, 6.07) is 0. The van der Waals surface area contributed by atoms with Gasteiger partial charge in [-0.1, -0.05) is 26.8 Å². The lowest BCUT2D eigenvalue weighted by Crippen LogP contribution is -2.55. The molecule has 3 N–H and O–H groups in total. The zero-order chi connectivity index (χ0) is 17.1. The molecule has 2 rings (SSSR count). The van der Waals surface area contributed by atoms with Crippen molar-refractivity contribution in [3.05, 3.63) is 11.0 Å². The second-order valence-electron chi connectivity index (χ2n) is 7.53. The fraction of sp³-hybridized carbons (Fsp3) is 0.824. The van der Waals surface area contributed by atoms with E-state index in [4.69, 9.17) is 0 Å². The van der Waals surface area contributed by atoms with Gasteiger partial charge in [0.25, 0.3) is 0 Å². The molecule has 0 aliphatic heterocycles. The molecule has 1 saturated carbocycles. The summed E-state index contributed by atoms with van der Waals surface area (Å²) in [5.41, 5.74) is 0. The van der Waals surface area contributed by atoms with Crippen LogP contribution in [0.5, 0.6) is 0 Å². The Balaban J connectivity index is 1.99. The van der Waals surface area contributed by atoms with Crippen molar-refractivity contribution in [2.45, 2.75) is 75.2 Å². The number of hydrogen-bond donors (Lipinski definition) is 3. The van der Waals surface area contributed by atoms with Crippen LogP contribution in [0, 0.1) is 0 Å². The summed E-state index contributed by atoms with van der Waals surface area (Å²) in [5.74, 6) is 0.678. The Morgan fingerprint density at radius 1 is 1.30 bits per heavy atom. The second-order valence-corrected chi connectivity index (χ2v) is 11.9. The highest BCUT2D eigenvalue weighted by molar-refractivity contribution is 8.29. The lowest BCUT2D eigenvalue weighted by Gasteiger charge is -2.55. The molecule has 0 unspecified atom stereocenters. The molecule has 0 aromatic carbocycles. The topological polar surface area (TPSA) is 69.6 Å². The van der Waals surface area contributed by atoms with Crippen molar-refractivity contribution in [1.82, 2.24) is 5.32 Å². The Morgan fingerprint density at radius 2 is 2.00 bits per heavy atom. The van der Waals surface area contributed by atoms with Crippen molar-refractivity contribution < 1.29 is 13.9 Å². The Hall–Kier alpha value is -0.170. The van der Waals surface area contributed by atoms with Crippen molar-refractivity contribution >= 4 is 28.3 Å². The van der Waals surface area contributed by atoms with Crippen LogP contribution in [0.25, 0.3) is 0 Å². The van der Waals surface area contributed by atoms with E-state index in [1.807, 2.05) is 6.08 Å². The van der Waals surface area contributed by atoms with Crippen LogP contribution in [-0.4, -0.2) is 36.8 Å². The zero-order valence-corrected chi connectivity index (χ0v) is 16.2. The summed E-state index contributed by atoms with van der Waals surface area (Å²) >= 11 is 1.80. The van der Waals surface area contributed by atoms with Gasteiger partial charge in [-0.25, -0.2) is 0 Å².